The number of hydrogen-bond donors (Lipinski definition) is 1. The summed E-state index contributed by atoms with van der Waals surface area (Å²) in [5, 5.41) is 10.4. The maximum Gasteiger partial charge on any atom is 0.253 e. The topological polar surface area (TPSA) is 82.0 Å². The molecule has 0 spiro atoms. The van der Waals surface area contributed by atoms with Crippen molar-refractivity contribution in [1.29, 1.82) is 0 Å². The molecule has 0 aliphatic rings. The van der Waals surface area contributed by atoms with Crippen LogP contribution in [0.4, 0.5) is 0 Å². The molecule has 0 atom stereocenters. The van der Waals surface area contributed by atoms with Crippen molar-refractivity contribution in [3.05, 3.63) is 51.1 Å². The number of hydrogen-bond acceptors (Lipinski definition) is 4. The molecule has 0 saturated carbocycles. The molecule has 0 aromatic carbocycles. The number of nitrogens with two attached hydrogens (primary N) is 1. The lowest BCUT2D eigenvalue weighted by Gasteiger charge is -1.98. The standard InChI is InChI=1S/C8H8ClN3O2/c9-8-2-1-6(4-11-8)3-7(10)5-12(13)14/h1-2,4-5H,3,10H2/b7-5-. The second-order valence-corrected chi connectivity index (χ2v) is 3.04. The van der Waals surface area contributed by atoms with Gasteiger partial charge in [0.05, 0.1) is 10.6 Å². The van der Waals surface area contributed by atoms with Crippen LogP contribution in [0.15, 0.2) is 30.2 Å². The Labute approximate surface area is 85.4 Å². The van der Waals surface area contributed by atoms with E-state index in [1.165, 1.54) is 6.20 Å². The van der Waals surface area contributed by atoms with Gasteiger partial charge < -0.3 is 5.73 Å². The van der Waals surface area contributed by atoms with Crippen molar-refractivity contribution < 1.29 is 4.92 Å². The number of nitro groups is 1. The Morgan fingerprint density at radius 1 is 1.71 bits per heavy atom. The Bertz CT molecular complexity index is 361. The summed E-state index contributed by atoms with van der Waals surface area (Å²) < 4.78 is 0. The van der Waals surface area contributed by atoms with E-state index in [-0.39, 0.29) is 5.70 Å². The van der Waals surface area contributed by atoms with Crippen molar-refractivity contribution in [2.24, 2.45) is 5.73 Å². The largest absolute Gasteiger partial charge is 0.397 e. The first kappa shape index (κ1) is 10.5. The molecule has 5 nitrogen and oxygen atoms in total. The quantitative estimate of drug-likeness (QED) is 0.467. The Morgan fingerprint density at radius 3 is 2.93 bits per heavy atom. The molecule has 6 heteroatoms. The molecule has 2 N–H and O–H groups in total. The molecule has 0 fully saturated rings. The highest BCUT2D eigenvalue weighted by molar-refractivity contribution is 6.29. The number of nitrogens with zero attached hydrogens (tertiary/aromatic N) is 2. The summed E-state index contributed by atoms with van der Waals surface area (Å²) in [6.45, 7) is 0. The molecule has 74 valence electrons. The first-order chi connectivity index (χ1) is 6.58. The summed E-state index contributed by atoms with van der Waals surface area (Å²) in [5.41, 5.74) is 6.37. The molecule has 1 heterocycles. The molecular weight excluding hydrogens is 206 g/mol. The van der Waals surface area contributed by atoms with E-state index < -0.39 is 4.92 Å². The van der Waals surface area contributed by atoms with E-state index in [0.717, 1.165) is 11.8 Å². The predicted octanol–water partition coefficient (Wildman–Crippen LogP) is 1.35. The van der Waals surface area contributed by atoms with Crippen LogP contribution in [-0.2, 0) is 6.42 Å². The zero-order valence-corrected chi connectivity index (χ0v) is 7.94. The molecule has 0 aliphatic carbocycles. The number of aromatic nitrogens is 1. The fourth-order valence-electron chi connectivity index (χ4n) is 0.928. The minimum atomic E-state index is -0.585. The van der Waals surface area contributed by atoms with E-state index in [2.05, 4.69) is 4.98 Å². The van der Waals surface area contributed by atoms with Gasteiger partial charge in [-0.05, 0) is 11.6 Å². The highest BCUT2D eigenvalue weighted by Crippen LogP contribution is 2.07. The van der Waals surface area contributed by atoms with Gasteiger partial charge in [0.1, 0.15) is 5.15 Å². The smallest absolute Gasteiger partial charge is 0.253 e. The zero-order chi connectivity index (χ0) is 10.6. The van der Waals surface area contributed by atoms with Crippen molar-refractivity contribution in [3.8, 4) is 0 Å². The van der Waals surface area contributed by atoms with Crippen molar-refractivity contribution in [2.45, 2.75) is 6.42 Å². The average Bonchev–Trinajstić information content (AvgIpc) is 2.07. The molecule has 0 aliphatic heterocycles. The summed E-state index contributed by atoms with van der Waals surface area (Å²) in [4.78, 5) is 13.3. The molecule has 0 saturated heterocycles. The van der Waals surface area contributed by atoms with E-state index in [4.69, 9.17) is 17.3 Å². The van der Waals surface area contributed by atoms with Crippen LogP contribution in [0.5, 0.6) is 0 Å². The van der Waals surface area contributed by atoms with Crippen molar-refractivity contribution in [3.63, 3.8) is 0 Å². The molecule has 0 radical (unpaired) electrons. The van der Waals surface area contributed by atoms with Crippen molar-refractivity contribution in [2.75, 3.05) is 0 Å². The normalized spacial score (nSPS) is 11.4. The minimum absolute atomic E-state index is 0.180. The maximum atomic E-state index is 10.1. The Morgan fingerprint density at radius 2 is 2.43 bits per heavy atom. The third-order valence-corrected chi connectivity index (χ3v) is 1.69. The van der Waals surface area contributed by atoms with Gasteiger partial charge in [-0.1, -0.05) is 17.7 Å². The van der Waals surface area contributed by atoms with E-state index in [1.54, 1.807) is 12.1 Å². The van der Waals surface area contributed by atoms with Gasteiger partial charge in [0.15, 0.2) is 0 Å². The van der Waals surface area contributed by atoms with Crippen LogP contribution in [0.25, 0.3) is 0 Å². The first-order valence-electron chi connectivity index (χ1n) is 3.78. The van der Waals surface area contributed by atoms with Crippen LogP contribution in [0.2, 0.25) is 5.15 Å². The predicted molar refractivity (Wildman–Crippen MR) is 52.2 cm³/mol. The highest BCUT2D eigenvalue weighted by Gasteiger charge is 2.00. The second-order valence-electron chi connectivity index (χ2n) is 2.66. The van der Waals surface area contributed by atoms with E-state index in [0.29, 0.717) is 11.6 Å². The molecule has 14 heavy (non-hydrogen) atoms. The van der Waals surface area contributed by atoms with E-state index >= 15 is 0 Å². The monoisotopic (exact) mass is 213 g/mol. The summed E-state index contributed by atoms with van der Waals surface area (Å²) in [6, 6.07) is 3.33. The zero-order valence-electron chi connectivity index (χ0n) is 7.18. The number of rotatable bonds is 3. The number of halogens is 1. The third kappa shape index (κ3) is 3.40. The fraction of sp³-hybridized carbons (Fsp3) is 0.125. The molecule has 1 aromatic rings. The van der Waals surface area contributed by atoms with Crippen LogP contribution >= 0.6 is 11.6 Å². The van der Waals surface area contributed by atoms with Gasteiger partial charge in [0.2, 0.25) is 0 Å². The molecule has 1 rings (SSSR count). The highest BCUT2D eigenvalue weighted by atomic mass is 35.5. The summed E-state index contributed by atoms with van der Waals surface area (Å²) in [5.74, 6) is 0. The third-order valence-electron chi connectivity index (χ3n) is 1.47. The second kappa shape index (κ2) is 4.57. The summed E-state index contributed by atoms with van der Waals surface area (Å²) >= 11 is 5.57. The lowest BCUT2D eigenvalue weighted by atomic mass is 10.2. The Hall–Kier alpha value is -1.62. The van der Waals surface area contributed by atoms with Crippen LogP contribution in [0, 0.1) is 10.1 Å². The molecule has 1 aromatic heterocycles. The van der Waals surface area contributed by atoms with Crippen LogP contribution < -0.4 is 5.73 Å². The molecule has 0 amide bonds. The first-order valence-corrected chi connectivity index (χ1v) is 4.16. The Balaban J connectivity index is 2.69. The lowest BCUT2D eigenvalue weighted by Crippen LogP contribution is -2.04. The van der Waals surface area contributed by atoms with Gasteiger partial charge in [-0.15, -0.1) is 0 Å². The molecule has 0 unspecified atom stereocenters. The molecular formula is C8H8ClN3O2. The average molecular weight is 214 g/mol. The SMILES string of the molecule is N/C(=C\[N+](=O)[O-])Cc1ccc(Cl)nc1. The van der Waals surface area contributed by atoms with E-state index in [9.17, 15) is 10.1 Å². The minimum Gasteiger partial charge on any atom is -0.397 e. The Kier molecular flexibility index (Phi) is 3.41. The lowest BCUT2D eigenvalue weighted by molar-refractivity contribution is -0.403. The van der Waals surface area contributed by atoms with Gasteiger partial charge in [0, 0.05) is 12.6 Å². The van der Waals surface area contributed by atoms with Gasteiger partial charge in [-0.25, -0.2) is 4.98 Å². The summed E-state index contributed by atoms with van der Waals surface area (Å²) in [7, 11) is 0. The van der Waals surface area contributed by atoms with Gasteiger partial charge in [-0.2, -0.15) is 0 Å². The summed E-state index contributed by atoms with van der Waals surface area (Å²) in [6.07, 6.45) is 2.60. The van der Waals surface area contributed by atoms with E-state index in [1.807, 2.05) is 0 Å². The van der Waals surface area contributed by atoms with Gasteiger partial charge >= 0.3 is 0 Å². The van der Waals surface area contributed by atoms with Gasteiger partial charge in [0.25, 0.3) is 6.20 Å². The fourth-order valence-corrected chi connectivity index (χ4v) is 1.04. The molecule has 0 bridgehead atoms. The van der Waals surface area contributed by atoms with Crippen LogP contribution in [0.3, 0.4) is 0 Å². The maximum absolute atomic E-state index is 10.1. The number of pyridine rings is 1. The van der Waals surface area contributed by atoms with Gasteiger partial charge in [-0.3, -0.25) is 10.1 Å². The van der Waals surface area contributed by atoms with Crippen molar-refractivity contribution >= 4 is 11.6 Å². The van der Waals surface area contributed by atoms with Crippen molar-refractivity contribution in [1.82, 2.24) is 4.98 Å². The van der Waals surface area contributed by atoms with Crippen LogP contribution in [0.1, 0.15) is 5.56 Å². The van der Waals surface area contributed by atoms with Crippen LogP contribution in [-0.4, -0.2) is 9.91 Å². The number of allylic oxidation sites excluding steroid dienone is 1.